The van der Waals surface area contributed by atoms with Gasteiger partial charge in [-0.05, 0) is 30.5 Å². The fraction of sp³-hybridized carbons (Fsp3) is 0.294. The SMILES string of the molecule is C[C@H](O)c1cccc(F)c1N1CCc2ccccc2C1. The summed E-state index contributed by atoms with van der Waals surface area (Å²) in [5, 5.41) is 9.86. The van der Waals surface area contributed by atoms with Gasteiger partial charge in [-0.25, -0.2) is 4.39 Å². The van der Waals surface area contributed by atoms with E-state index in [1.54, 1.807) is 19.1 Å². The van der Waals surface area contributed by atoms with Gasteiger partial charge in [0, 0.05) is 18.7 Å². The minimum Gasteiger partial charge on any atom is -0.389 e. The lowest BCUT2D eigenvalue weighted by molar-refractivity contribution is 0.199. The summed E-state index contributed by atoms with van der Waals surface area (Å²) in [6.07, 6.45) is 0.238. The predicted octanol–water partition coefficient (Wildman–Crippen LogP) is 3.44. The molecule has 0 bridgehead atoms. The third-order valence-corrected chi connectivity index (χ3v) is 3.91. The number of hydrogen-bond acceptors (Lipinski definition) is 2. The summed E-state index contributed by atoms with van der Waals surface area (Å²) in [6.45, 7) is 3.14. The number of aliphatic hydroxyl groups excluding tert-OH is 1. The first kappa shape index (κ1) is 13.1. The molecule has 1 aliphatic rings. The summed E-state index contributed by atoms with van der Waals surface area (Å²) in [7, 11) is 0. The Kier molecular flexibility index (Phi) is 3.45. The molecule has 104 valence electrons. The second-order valence-corrected chi connectivity index (χ2v) is 5.29. The van der Waals surface area contributed by atoms with Gasteiger partial charge >= 0.3 is 0 Å². The van der Waals surface area contributed by atoms with Crippen LogP contribution in [0.3, 0.4) is 0 Å². The second-order valence-electron chi connectivity index (χ2n) is 5.29. The molecule has 2 aromatic rings. The van der Waals surface area contributed by atoms with Crippen molar-refractivity contribution in [2.75, 3.05) is 11.4 Å². The van der Waals surface area contributed by atoms with Crippen LogP contribution in [0.4, 0.5) is 10.1 Å². The van der Waals surface area contributed by atoms with Crippen molar-refractivity contribution in [1.29, 1.82) is 0 Å². The van der Waals surface area contributed by atoms with Gasteiger partial charge in [-0.15, -0.1) is 0 Å². The van der Waals surface area contributed by atoms with E-state index in [2.05, 4.69) is 12.1 Å². The smallest absolute Gasteiger partial charge is 0.146 e. The Balaban J connectivity index is 1.99. The van der Waals surface area contributed by atoms with Gasteiger partial charge in [-0.2, -0.15) is 0 Å². The van der Waals surface area contributed by atoms with E-state index in [1.165, 1.54) is 17.2 Å². The molecular weight excluding hydrogens is 253 g/mol. The summed E-state index contributed by atoms with van der Waals surface area (Å²) in [4.78, 5) is 2.03. The van der Waals surface area contributed by atoms with Crippen molar-refractivity contribution >= 4 is 5.69 Å². The van der Waals surface area contributed by atoms with Crippen LogP contribution in [-0.4, -0.2) is 11.7 Å². The largest absolute Gasteiger partial charge is 0.389 e. The average Bonchev–Trinajstić information content (AvgIpc) is 2.46. The number of benzene rings is 2. The van der Waals surface area contributed by atoms with E-state index in [9.17, 15) is 9.50 Å². The number of anilines is 1. The maximum Gasteiger partial charge on any atom is 0.146 e. The van der Waals surface area contributed by atoms with Crippen LogP contribution in [0.2, 0.25) is 0 Å². The van der Waals surface area contributed by atoms with E-state index in [0.717, 1.165) is 13.0 Å². The number of para-hydroxylation sites is 1. The summed E-state index contributed by atoms with van der Waals surface area (Å²) >= 11 is 0. The average molecular weight is 271 g/mol. The van der Waals surface area contributed by atoms with E-state index >= 15 is 0 Å². The number of aliphatic hydroxyl groups is 1. The molecule has 0 radical (unpaired) electrons. The van der Waals surface area contributed by atoms with Crippen LogP contribution in [0, 0.1) is 5.82 Å². The topological polar surface area (TPSA) is 23.5 Å². The van der Waals surface area contributed by atoms with E-state index in [0.29, 0.717) is 17.8 Å². The van der Waals surface area contributed by atoms with Gasteiger partial charge in [0.05, 0.1) is 11.8 Å². The lowest BCUT2D eigenvalue weighted by atomic mass is 9.98. The first-order valence-corrected chi connectivity index (χ1v) is 6.95. The van der Waals surface area contributed by atoms with Crippen molar-refractivity contribution in [3.8, 4) is 0 Å². The molecule has 0 unspecified atom stereocenters. The molecular formula is C17H18FNO. The van der Waals surface area contributed by atoms with E-state index in [1.807, 2.05) is 17.0 Å². The zero-order valence-electron chi connectivity index (χ0n) is 11.5. The highest BCUT2D eigenvalue weighted by Gasteiger charge is 2.22. The van der Waals surface area contributed by atoms with Crippen molar-refractivity contribution in [2.24, 2.45) is 0 Å². The molecule has 1 heterocycles. The van der Waals surface area contributed by atoms with Crippen LogP contribution in [0.15, 0.2) is 42.5 Å². The van der Waals surface area contributed by atoms with Crippen molar-refractivity contribution in [1.82, 2.24) is 0 Å². The zero-order chi connectivity index (χ0) is 14.1. The van der Waals surface area contributed by atoms with Gasteiger partial charge < -0.3 is 10.0 Å². The molecule has 1 N–H and O–H groups in total. The molecule has 0 aliphatic carbocycles. The van der Waals surface area contributed by atoms with Crippen molar-refractivity contribution in [3.05, 3.63) is 65.0 Å². The van der Waals surface area contributed by atoms with Crippen LogP contribution < -0.4 is 4.90 Å². The Hall–Kier alpha value is -1.87. The van der Waals surface area contributed by atoms with Crippen molar-refractivity contribution in [2.45, 2.75) is 26.0 Å². The van der Waals surface area contributed by atoms with Crippen molar-refractivity contribution in [3.63, 3.8) is 0 Å². The number of fused-ring (bicyclic) bond motifs is 1. The molecule has 0 saturated heterocycles. The Bertz CT molecular complexity index is 624. The standard InChI is InChI=1S/C17H18FNO/c1-12(20)15-7-4-8-16(18)17(15)19-10-9-13-5-2-3-6-14(13)11-19/h2-8,12,20H,9-11H2,1H3/t12-/m0/s1. The monoisotopic (exact) mass is 271 g/mol. The zero-order valence-corrected chi connectivity index (χ0v) is 11.5. The highest BCUT2D eigenvalue weighted by atomic mass is 19.1. The molecule has 0 saturated carbocycles. The van der Waals surface area contributed by atoms with Crippen LogP contribution in [-0.2, 0) is 13.0 Å². The molecule has 1 atom stereocenters. The Labute approximate surface area is 118 Å². The summed E-state index contributed by atoms with van der Waals surface area (Å²) in [5.74, 6) is -0.261. The first-order valence-electron chi connectivity index (χ1n) is 6.95. The highest BCUT2D eigenvalue weighted by molar-refractivity contribution is 5.57. The number of halogens is 1. The van der Waals surface area contributed by atoms with Crippen LogP contribution in [0.25, 0.3) is 0 Å². The summed E-state index contributed by atoms with van der Waals surface area (Å²) in [6, 6.07) is 13.2. The predicted molar refractivity (Wildman–Crippen MR) is 78.2 cm³/mol. The maximum atomic E-state index is 14.2. The number of nitrogens with zero attached hydrogens (tertiary/aromatic N) is 1. The summed E-state index contributed by atoms with van der Waals surface area (Å²) in [5.41, 5.74) is 3.76. The lowest BCUT2D eigenvalue weighted by Gasteiger charge is -2.33. The number of rotatable bonds is 2. The van der Waals surface area contributed by atoms with Gasteiger partial charge in [-0.1, -0.05) is 36.4 Å². The maximum absolute atomic E-state index is 14.2. The first-order chi connectivity index (χ1) is 9.66. The molecule has 0 amide bonds. The van der Waals surface area contributed by atoms with E-state index in [4.69, 9.17) is 0 Å². The van der Waals surface area contributed by atoms with Crippen LogP contribution in [0.1, 0.15) is 29.7 Å². The molecule has 2 aromatic carbocycles. The van der Waals surface area contributed by atoms with Gasteiger partial charge in [0.25, 0.3) is 0 Å². The molecule has 0 fully saturated rings. The minimum atomic E-state index is -0.669. The molecule has 1 aliphatic heterocycles. The molecule has 20 heavy (non-hydrogen) atoms. The highest BCUT2D eigenvalue weighted by Crippen LogP contribution is 2.32. The lowest BCUT2D eigenvalue weighted by Crippen LogP contribution is -2.32. The minimum absolute atomic E-state index is 0.261. The van der Waals surface area contributed by atoms with Gasteiger partial charge in [0.15, 0.2) is 0 Å². The van der Waals surface area contributed by atoms with E-state index in [-0.39, 0.29) is 5.82 Å². The third-order valence-electron chi connectivity index (χ3n) is 3.91. The Morgan fingerprint density at radius 1 is 1.10 bits per heavy atom. The molecule has 0 aromatic heterocycles. The second kappa shape index (κ2) is 5.25. The summed E-state index contributed by atoms with van der Waals surface area (Å²) < 4.78 is 14.2. The normalized spacial score (nSPS) is 15.8. The van der Waals surface area contributed by atoms with Gasteiger partial charge in [-0.3, -0.25) is 0 Å². The molecule has 3 heteroatoms. The van der Waals surface area contributed by atoms with Gasteiger partial charge in [0.1, 0.15) is 5.82 Å². The van der Waals surface area contributed by atoms with Crippen LogP contribution in [0.5, 0.6) is 0 Å². The van der Waals surface area contributed by atoms with Crippen LogP contribution >= 0.6 is 0 Å². The van der Waals surface area contributed by atoms with Gasteiger partial charge in [0.2, 0.25) is 0 Å². The van der Waals surface area contributed by atoms with E-state index < -0.39 is 6.10 Å². The fourth-order valence-electron chi connectivity index (χ4n) is 2.89. The Morgan fingerprint density at radius 2 is 1.85 bits per heavy atom. The third kappa shape index (κ3) is 2.29. The fourth-order valence-corrected chi connectivity index (χ4v) is 2.89. The Morgan fingerprint density at radius 3 is 2.60 bits per heavy atom. The van der Waals surface area contributed by atoms with Crippen molar-refractivity contribution < 1.29 is 9.50 Å². The molecule has 3 rings (SSSR count). The number of hydrogen-bond donors (Lipinski definition) is 1. The quantitative estimate of drug-likeness (QED) is 0.904. The molecule has 2 nitrogen and oxygen atoms in total. The molecule has 0 spiro atoms.